The fraction of sp³-hybridized carbons (Fsp3) is 0.304. The number of halogens is 3. The van der Waals surface area contributed by atoms with Gasteiger partial charge in [0.25, 0.3) is 0 Å². The van der Waals surface area contributed by atoms with Gasteiger partial charge in [-0.1, -0.05) is 42.5 Å². The minimum atomic E-state index is -4.43. The fourth-order valence-electron chi connectivity index (χ4n) is 3.91. The molecule has 1 aliphatic heterocycles. The first-order valence-corrected chi connectivity index (χ1v) is 9.89. The maximum atomic E-state index is 13.3. The zero-order valence-corrected chi connectivity index (χ0v) is 16.4. The van der Waals surface area contributed by atoms with Crippen LogP contribution >= 0.6 is 0 Å². The zero-order valence-electron chi connectivity index (χ0n) is 16.4. The summed E-state index contributed by atoms with van der Waals surface area (Å²) in [5.41, 5.74) is 1.47. The van der Waals surface area contributed by atoms with E-state index < -0.39 is 11.7 Å². The van der Waals surface area contributed by atoms with Crippen molar-refractivity contribution in [1.82, 2.24) is 14.8 Å². The number of aromatic nitrogens is 1. The number of para-hydroxylation sites is 1. The quantitative estimate of drug-likeness (QED) is 0.633. The van der Waals surface area contributed by atoms with E-state index in [0.717, 1.165) is 22.5 Å². The molecule has 2 aromatic carbocycles. The molecule has 1 aliphatic rings. The minimum absolute atomic E-state index is 0.0296. The van der Waals surface area contributed by atoms with E-state index in [9.17, 15) is 18.0 Å². The van der Waals surface area contributed by atoms with Crippen molar-refractivity contribution in [3.63, 3.8) is 0 Å². The fourth-order valence-corrected chi connectivity index (χ4v) is 3.91. The molecule has 0 saturated carbocycles. The highest BCUT2D eigenvalue weighted by Crippen LogP contribution is 2.32. The highest BCUT2D eigenvalue weighted by molar-refractivity contribution is 5.81. The SMILES string of the molecule is O=C1CCN(Cc2cccc3cccnc23)CCN1Cc1ccccc1C(F)(F)F. The molecule has 3 aromatic rings. The molecule has 0 aliphatic carbocycles. The molecule has 4 nitrogen and oxygen atoms in total. The molecule has 0 radical (unpaired) electrons. The Labute approximate surface area is 172 Å². The van der Waals surface area contributed by atoms with Gasteiger partial charge in [-0.2, -0.15) is 13.2 Å². The molecule has 30 heavy (non-hydrogen) atoms. The molecule has 0 N–H and O–H groups in total. The second-order valence-electron chi connectivity index (χ2n) is 7.49. The first kappa shape index (κ1) is 20.3. The summed E-state index contributed by atoms with van der Waals surface area (Å²) in [5.74, 6) is -0.120. The molecule has 1 saturated heterocycles. The van der Waals surface area contributed by atoms with Crippen LogP contribution in [-0.2, 0) is 24.1 Å². The standard InChI is InChI=1S/C23H22F3N3O/c24-23(25,26)20-9-2-1-5-18(20)16-29-14-13-28(12-10-21(29)30)15-19-7-3-6-17-8-4-11-27-22(17)19/h1-9,11H,10,12-16H2. The van der Waals surface area contributed by atoms with E-state index >= 15 is 0 Å². The molecular formula is C23H22F3N3O. The number of hydrogen-bond donors (Lipinski definition) is 0. The molecule has 0 bridgehead atoms. The van der Waals surface area contributed by atoms with Crippen molar-refractivity contribution in [2.75, 3.05) is 19.6 Å². The van der Waals surface area contributed by atoms with Crippen molar-refractivity contribution < 1.29 is 18.0 Å². The highest BCUT2D eigenvalue weighted by Gasteiger charge is 2.34. The van der Waals surface area contributed by atoms with Crippen molar-refractivity contribution in [3.05, 3.63) is 77.5 Å². The van der Waals surface area contributed by atoms with Gasteiger partial charge in [0.2, 0.25) is 5.91 Å². The highest BCUT2D eigenvalue weighted by atomic mass is 19.4. The molecule has 4 rings (SSSR count). The van der Waals surface area contributed by atoms with Gasteiger partial charge in [-0.05, 0) is 23.3 Å². The smallest absolute Gasteiger partial charge is 0.337 e. The van der Waals surface area contributed by atoms with Crippen molar-refractivity contribution in [2.45, 2.75) is 25.7 Å². The van der Waals surface area contributed by atoms with Crippen LogP contribution in [-0.4, -0.2) is 40.3 Å². The van der Waals surface area contributed by atoms with E-state index in [1.54, 1.807) is 12.3 Å². The van der Waals surface area contributed by atoms with Gasteiger partial charge in [0.1, 0.15) is 0 Å². The number of alkyl halides is 3. The van der Waals surface area contributed by atoms with Gasteiger partial charge >= 0.3 is 6.18 Å². The van der Waals surface area contributed by atoms with Gasteiger partial charge in [-0.15, -0.1) is 0 Å². The van der Waals surface area contributed by atoms with E-state index in [4.69, 9.17) is 0 Å². The zero-order chi connectivity index (χ0) is 21.1. The average molecular weight is 413 g/mol. The predicted octanol–water partition coefficient (Wildman–Crippen LogP) is 4.49. The normalized spacial score (nSPS) is 16.1. The molecule has 1 fully saturated rings. The van der Waals surface area contributed by atoms with Crippen LogP contribution in [0.15, 0.2) is 60.8 Å². The van der Waals surface area contributed by atoms with Crippen molar-refractivity contribution in [3.8, 4) is 0 Å². The van der Waals surface area contributed by atoms with Crippen LogP contribution in [0.1, 0.15) is 23.1 Å². The van der Waals surface area contributed by atoms with Gasteiger partial charge in [-0.25, -0.2) is 0 Å². The number of nitrogens with zero attached hydrogens (tertiary/aromatic N) is 3. The van der Waals surface area contributed by atoms with E-state index in [1.165, 1.54) is 17.0 Å². The lowest BCUT2D eigenvalue weighted by atomic mass is 10.1. The van der Waals surface area contributed by atoms with Gasteiger partial charge in [0, 0.05) is 50.7 Å². The summed E-state index contributed by atoms with van der Waals surface area (Å²) < 4.78 is 39.9. The number of fused-ring (bicyclic) bond motifs is 1. The first-order valence-electron chi connectivity index (χ1n) is 9.89. The Morgan fingerprint density at radius 3 is 2.47 bits per heavy atom. The first-order chi connectivity index (χ1) is 14.4. The van der Waals surface area contributed by atoms with Gasteiger partial charge in [0.15, 0.2) is 0 Å². The third kappa shape index (κ3) is 4.46. The van der Waals surface area contributed by atoms with E-state index in [0.29, 0.717) is 26.2 Å². The summed E-state index contributed by atoms with van der Waals surface area (Å²) in [7, 11) is 0. The number of carbonyl (C=O) groups is 1. The molecule has 2 heterocycles. The second kappa shape index (κ2) is 8.44. The molecule has 1 aromatic heterocycles. The van der Waals surface area contributed by atoms with Crippen LogP contribution < -0.4 is 0 Å². The molecular weight excluding hydrogens is 391 g/mol. The summed E-state index contributed by atoms with van der Waals surface area (Å²) in [6, 6.07) is 15.4. The number of amides is 1. The number of rotatable bonds is 4. The Morgan fingerprint density at radius 1 is 0.867 bits per heavy atom. The molecule has 0 atom stereocenters. The monoisotopic (exact) mass is 413 g/mol. The molecule has 0 unspecified atom stereocenters. The van der Waals surface area contributed by atoms with Gasteiger partial charge in [-0.3, -0.25) is 14.7 Å². The van der Waals surface area contributed by atoms with Gasteiger partial charge in [0.05, 0.1) is 11.1 Å². The third-order valence-electron chi connectivity index (χ3n) is 5.47. The average Bonchev–Trinajstić information content (AvgIpc) is 2.90. The van der Waals surface area contributed by atoms with Crippen LogP contribution in [0.5, 0.6) is 0 Å². The number of pyridine rings is 1. The van der Waals surface area contributed by atoms with Crippen LogP contribution in [0.25, 0.3) is 10.9 Å². The Kier molecular flexibility index (Phi) is 5.72. The van der Waals surface area contributed by atoms with Crippen LogP contribution in [0.3, 0.4) is 0 Å². The van der Waals surface area contributed by atoms with Crippen LogP contribution in [0.2, 0.25) is 0 Å². The number of benzene rings is 2. The van der Waals surface area contributed by atoms with Crippen molar-refractivity contribution in [1.29, 1.82) is 0 Å². The molecule has 156 valence electrons. The largest absolute Gasteiger partial charge is 0.416 e. The predicted molar refractivity (Wildman–Crippen MR) is 108 cm³/mol. The van der Waals surface area contributed by atoms with Gasteiger partial charge < -0.3 is 4.90 Å². The lowest BCUT2D eigenvalue weighted by molar-refractivity contribution is -0.139. The number of carbonyl (C=O) groups excluding carboxylic acids is 1. The van der Waals surface area contributed by atoms with Crippen LogP contribution in [0.4, 0.5) is 13.2 Å². The molecule has 1 amide bonds. The Morgan fingerprint density at radius 2 is 1.63 bits per heavy atom. The molecule has 7 heteroatoms. The maximum absolute atomic E-state index is 13.3. The summed E-state index contributed by atoms with van der Waals surface area (Å²) >= 11 is 0. The lowest BCUT2D eigenvalue weighted by Gasteiger charge is -2.24. The maximum Gasteiger partial charge on any atom is 0.416 e. The second-order valence-corrected chi connectivity index (χ2v) is 7.49. The third-order valence-corrected chi connectivity index (χ3v) is 5.47. The Balaban J connectivity index is 1.48. The Hall–Kier alpha value is -2.93. The van der Waals surface area contributed by atoms with Crippen molar-refractivity contribution >= 4 is 16.8 Å². The summed E-state index contributed by atoms with van der Waals surface area (Å²) in [5, 5.41) is 1.06. The summed E-state index contributed by atoms with van der Waals surface area (Å²) in [6.07, 6.45) is -2.39. The van der Waals surface area contributed by atoms with Crippen molar-refractivity contribution in [2.24, 2.45) is 0 Å². The summed E-state index contributed by atoms with van der Waals surface area (Å²) in [6.45, 7) is 2.18. The van der Waals surface area contributed by atoms with E-state index in [-0.39, 0.29) is 24.4 Å². The lowest BCUT2D eigenvalue weighted by Crippen LogP contribution is -2.33. The van der Waals surface area contributed by atoms with Crippen LogP contribution in [0, 0.1) is 0 Å². The Bertz CT molecular complexity index is 1050. The van der Waals surface area contributed by atoms with E-state index in [1.807, 2.05) is 30.3 Å². The number of hydrogen-bond acceptors (Lipinski definition) is 3. The summed E-state index contributed by atoms with van der Waals surface area (Å²) in [4.78, 5) is 20.8. The minimum Gasteiger partial charge on any atom is -0.337 e. The van der Waals surface area contributed by atoms with E-state index in [2.05, 4.69) is 9.88 Å². The molecule has 0 spiro atoms. The topological polar surface area (TPSA) is 36.4 Å².